The van der Waals surface area contributed by atoms with Crippen molar-refractivity contribution in [3.63, 3.8) is 0 Å². The summed E-state index contributed by atoms with van der Waals surface area (Å²) in [7, 11) is 0. The van der Waals surface area contributed by atoms with Crippen molar-refractivity contribution in [3.8, 4) is 5.75 Å². The van der Waals surface area contributed by atoms with E-state index in [4.69, 9.17) is 14.2 Å². The van der Waals surface area contributed by atoms with Crippen molar-refractivity contribution in [3.05, 3.63) is 29.8 Å². The van der Waals surface area contributed by atoms with Crippen molar-refractivity contribution >= 4 is 11.9 Å². The molecule has 1 aromatic rings. The van der Waals surface area contributed by atoms with Gasteiger partial charge in [0.25, 0.3) is 0 Å². The zero-order valence-corrected chi connectivity index (χ0v) is 17.3. The van der Waals surface area contributed by atoms with Crippen molar-refractivity contribution in [2.75, 3.05) is 6.61 Å². The second-order valence-electron chi connectivity index (χ2n) is 7.46. The number of unbranched alkanes of at least 4 members (excludes halogenated alkanes) is 5. The van der Waals surface area contributed by atoms with Crippen LogP contribution in [0.3, 0.4) is 0 Å². The van der Waals surface area contributed by atoms with Gasteiger partial charge in [-0.2, -0.15) is 0 Å². The van der Waals surface area contributed by atoms with Crippen LogP contribution in [0.25, 0.3) is 0 Å². The fourth-order valence-corrected chi connectivity index (χ4v) is 3.30. The van der Waals surface area contributed by atoms with Crippen LogP contribution in [0.5, 0.6) is 5.75 Å². The number of rotatable bonds is 12. The van der Waals surface area contributed by atoms with Crippen molar-refractivity contribution in [1.29, 1.82) is 0 Å². The van der Waals surface area contributed by atoms with Gasteiger partial charge in [-0.3, -0.25) is 0 Å². The molecule has 0 radical (unpaired) electrons. The van der Waals surface area contributed by atoms with Gasteiger partial charge in [0.2, 0.25) is 0 Å². The summed E-state index contributed by atoms with van der Waals surface area (Å²) in [5, 5.41) is 0. The lowest BCUT2D eigenvalue weighted by Gasteiger charge is -2.28. The Balaban J connectivity index is 1.75. The van der Waals surface area contributed by atoms with Gasteiger partial charge in [0.1, 0.15) is 11.9 Å². The largest absolute Gasteiger partial charge is 0.479 e. The summed E-state index contributed by atoms with van der Waals surface area (Å²) in [5.74, 6) is -0.0531. The van der Waals surface area contributed by atoms with E-state index in [1.54, 1.807) is 24.3 Å². The SMILES string of the molecule is CCCCCC[C@@H]1CC[C@@H](Oc2ccc(C(=O)OCCCCC)cc2)C(=O)O1. The number of esters is 2. The number of hydrogen-bond donors (Lipinski definition) is 0. The normalized spacial score (nSPS) is 19.1. The molecule has 0 N–H and O–H groups in total. The van der Waals surface area contributed by atoms with Gasteiger partial charge in [-0.05, 0) is 56.4 Å². The van der Waals surface area contributed by atoms with Crippen molar-refractivity contribution in [2.24, 2.45) is 0 Å². The number of carbonyl (C=O) groups excluding carboxylic acids is 2. The highest BCUT2D eigenvalue weighted by Gasteiger charge is 2.31. The molecule has 0 unspecified atom stereocenters. The lowest BCUT2D eigenvalue weighted by Crippen LogP contribution is -2.38. The molecular formula is C23H34O5. The summed E-state index contributed by atoms with van der Waals surface area (Å²) in [6, 6.07) is 6.74. The zero-order chi connectivity index (χ0) is 20.2. The van der Waals surface area contributed by atoms with E-state index >= 15 is 0 Å². The van der Waals surface area contributed by atoms with E-state index in [2.05, 4.69) is 13.8 Å². The molecule has 28 heavy (non-hydrogen) atoms. The van der Waals surface area contributed by atoms with E-state index in [1.165, 1.54) is 19.3 Å². The first-order valence-electron chi connectivity index (χ1n) is 10.8. The smallest absolute Gasteiger partial charge is 0.347 e. The molecule has 0 saturated carbocycles. The number of hydrogen-bond acceptors (Lipinski definition) is 5. The maximum Gasteiger partial charge on any atom is 0.347 e. The van der Waals surface area contributed by atoms with Crippen LogP contribution < -0.4 is 4.74 Å². The highest BCUT2D eigenvalue weighted by molar-refractivity contribution is 5.89. The van der Waals surface area contributed by atoms with Gasteiger partial charge in [-0.1, -0.05) is 46.0 Å². The Hall–Kier alpha value is -2.04. The van der Waals surface area contributed by atoms with E-state index in [9.17, 15) is 9.59 Å². The van der Waals surface area contributed by atoms with E-state index in [1.807, 2.05) is 0 Å². The van der Waals surface area contributed by atoms with Crippen LogP contribution in [-0.4, -0.2) is 30.8 Å². The van der Waals surface area contributed by atoms with Crippen molar-refractivity contribution < 1.29 is 23.8 Å². The van der Waals surface area contributed by atoms with Gasteiger partial charge in [-0.25, -0.2) is 9.59 Å². The molecule has 1 aliphatic rings. The maximum atomic E-state index is 12.2. The third-order valence-electron chi connectivity index (χ3n) is 5.03. The Morgan fingerprint density at radius 3 is 2.39 bits per heavy atom. The van der Waals surface area contributed by atoms with Crippen molar-refractivity contribution in [2.45, 2.75) is 90.3 Å². The molecule has 0 bridgehead atoms. The molecule has 1 aromatic carbocycles. The number of carbonyl (C=O) groups is 2. The van der Waals surface area contributed by atoms with Gasteiger partial charge in [0, 0.05) is 0 Å². The molecule has 1 saturated heterocycles. The average Bonchev–Trinajstić information content (AvgIpc) is 2.71. The molecule has 1 heterocycles. The number of benzene rings is 1. The Morgan fingerprint density at radius 1 is 1.00 bits per heavy atom. The minimum absolute atomic E-state index is 0.0223. The Morgan fingerprint density at radius 2 is 1.71 bits per heavy atom. The Bertz CT molecular complexity index is 596. The molecule has 0 amide bonds. The first kappa shape index (κ1) is 22.3. The lowest BCUT2D eigenvalue weighted by molar-refractivity contribution is -0.165. The molecular weight excluding hydrogens is 356 g/mol. The van der Waals surface area contributed by atoms with Gasteiger partial charge < -0.3 is 14.2 Å². The molecule has 0 spiro atoms. The minimum Gasteiger partial charge on any atom is -0.479 e. The summed E-state index contributed by atoms with van der Waals surface area (Å²) in [4.78, 5) is 24.2. The summed E-state index contributed by atoms with van der Waals surface area (Å²) in [6.07, 6.45) is 9.65. The summed E-state index contributed by atoms with van der Waals surface area (Å²) in [6.45, 7) is 4.74. The summed E-state index contributed by atoms with van der Waals surface area (Å²) in [5.41, 5.74) is 0.488. The predicted molar refractivity (Wildman–Crippen MR) is 109 cm³/mol. The first-order chi connectivity index (χ1) is 13.6. The van der Waals surface area contributed by atoms with Gasteiger partial charge in [-0.15, -0.1) is 0 Å². The third-order valence-corrected chi connectivity index (χ3v) is 5.03. The molecule has 5 nitrogen and oxygen atoms in total. The van der Waals surface area contributed by atoms with Crippen molar-refractivity contribution in [1.82, 2.24) is 0 Å². The maximum absolute atomic E-state index is 12.2. The Kier molecular flexibility index (Phi) is 9.87. The van der Waals surface area contributed by atoms with Crippen LogP contribution >= 0.6 is 0 Å². The summed E-state index contributed by atoms with van der Waals surface area (Å²) >= 11 is 0. The molecule has 0 aliphatic carbocycles. The highest BCUT2D eigenvalue weighted by atomic mass is 16.6. The van der Waals surface area contributed by atoms with Crippen LogP contribution in [0, 0.1) is 0 Å². The summed E-state index contributed by atoms with van der Waals surface area (Å²) < 4.78 is 16.6. The average molecular weight is 391 g/mol. The second kappa shape index (κ2) is 12.4. The lowest BCUT2D eigenvalue weighted by atomic mass is 10.0. The third kappa shape index (κ3) is 7.53. The van der Waals surface area contributed by atoms with Crippen LogP contribution in [0.4, 0.5) is 0 Å². The molecule has 1 fully saturated rings. The Labute approximate surface area is 168 Å². The first-order valence-corrected chi connectivity index (χ1v) is 10.8. The molecule has 2 atom stereocenters. The monoisotopic (exact) mass is 390 g/mol. The standard InChI is InChI=1S/C23H34O5/c1-3-5-7-8-10-19-15-16-21(23(25)28-19)27-20-13-11-18(12-14-20)22(24)26-17-9-6-4-2/h11-14,19,21H,3-10,15-17H2,1-2H3/t19-,21-/m1/s1. The van der Waals surface area contributed by atoms with Crippen LogP contribution in [0.2, 0.25) is 0 Å². The zero-order valence-electron chi connectivity index (χ0n) is 17.3. The minimum atomic E-state index is -0.571. The van der Waals surface area contributed by atoms with Crippen LogP contribution in [0.15, 0.2) is 24.3 Å². The molecule has 5 heteroatoms. The highest BCUT2D eigenvalue weighted by Crippen LogP contribution is 2.24. The van der Waals surface area contributed by atoms with E-state index < -0.39 is 6.10 Å². The molecule has 0 aromatic heterocycles. The molecule has 1 aliphatic heterocycles. The van der Waals surface area contributed by atoms with Gasteiger partial charge in [0.15, 0.2) is 6.10 Å². The molecule has 156 valence electrons. The van der Waals surface area contributed by atoms with E-state index in [0.29, 0.717) is 24.3 Å². The fourth-order valence-electron chi connectivity index (χ4n) is 3.30. The fraction of sp³-hybridized carbons (Fsp3) is 0.652. The second-order valence-corrected chi connectivity index (χ2v) is 7.46. The number of cyclic esters (lactones) is 1. The molecule has 2 rings (SSSR count). The van der Waals surface area contributed by atoms with E-state index in [-0.39, 0.29) is 18.0 Å². The van der Waals surface area contributed by atoms with Gasteiger partial charge >= 0.3 is 11.9 Å². The van der Waals surface area contributed by atoms with Gasteiger partial charge in [0.05, 0.1) is 12.2 Å². The topological polar surface area (TPSA) is 61.8 Å². The van der Waals surface area contributed by atoms with Crippen LogP contribution in [0.1, 0.15) is 88.4 Å². The number of ether oxygens (including phenoxy) is 3. The van der Waals surface area contributed by atoms with Crippen LogP contribution in [-0.2, 0) is 14.3 Å². The van der Waals surface area contributed by atoms with E-state index in [0.717, 1.165) is 38.5 Å². The predicted octanol–water partition coefficient (Wildman–Crippen LogP) is 5.46. The quantitative estimate of drug-likeness (QED) is 0.350.